The van der Waals surface area contributed by atoms with E-state index in [2.05, 4.69) is 0 Å². The summed E-state index contributed by atoms with van der Waals surface area (Å²) in [6, 6.07) is 11.6. The van der Waals surface area contributed by atoms with E-state index in [1.165, 1.54) is 0 Å². The number of piperazine rings is 1. The Morgan fingerprint density at radius 3 is 2.36 bits per heavy atom. The molecular formula is C19H18Cl2N2O2. The van der Waals surface area contributed by atoms with Crippen molar-refractivity contribution in [1.82, 2.24) is 4.90 Å². The molecule has 1 aliphatic heterocycles. The van der Waals surface area contributed by atoms with Crippen LogP contribution in [0.3, 0.4) is 0 Å². The number of carbonyl (C=O) groups is 2. The Morgan fingerprint density at radius 1 is 1.04 bits per heavy atom. The van der Waals surface area contributed by atoms with Gasteiger partial charge in [0.05, 0.1) is 0 Å². The van der Waals surface area contributed by atoms with Crippen LogP contribution in [0.1, 0.15) is 22.8 Å². The topological polar surface area (TPSA) is 40.6 Å². The van der Waals surface area contributed by atoms with Gasteiger partial charge in [0.1, 0.15) is 6.04 Å². The molecule has 2 aromatic carbocycles. The van der Waals surface area contributed by atoms with Gasteiger partial charge in [-0.3, -0.25) is 9.59 Å². The second-order valence-electron chi connectivity index (χ2n) is 6.10. The van der Waals surface area contributed by atoms with E-state index in [0.717, 1.165) is 11.3 Å². The Balaban J connectivity index is 1.83. The molecule has 6 heteroatoms. The van der Waals surface area contributed by atoms with Gasteiger partial charge in [-0.25, -0.2) is 0 Å². The van der Waals surface area contributed by atoms with Crippen molar-refractivity contribution < 1.29 is 9.59 Å². The molecule has 0 saturated carbocycles. The summed E-state index contributed by atoms with van der Waals surface area (Å²) in [7, 11) is 0. The number of aryl methyl sites for hydroxylation is 1. The lowest BCUT2D eigenvalue weighted by atomic mass is 10.1. The molecule has 3 rings (SSSR count). The Morgan fingerprint density at radius 2 is 1.68 bits per heavy atom. The molecule has 2 aromatic rings. The van der Waals surface area contributed by atoms with Crippen LogP contribution in [0.15, 0.2) is 42.5 Å². The highest BCUT2D eigenvalue weighted by Gasteiger charge is 2.35. The lowest BCUT2D eigenvalue weighted by Crippen LogP contribution is -2.57. The lowest BCUT2D eigenvalue weighted by molar-refractivity contribution is -0.124. The van der Waals surface area contributed by atoms with E-state index in [-0.39, 0.29) is 11.8 Å². The van der Waals surface area contributed by atoms with Crippen LogP contribution in [0.4, 0.5) is 5.69 Å². The molecule has 4 nitrogen and oxygen atoms in total. The van der Waals surface area contributed by atoms with Crippen molar-refractivity contribution in [2.24, 2.45) is 0 Å². The number of amides is 2. The third-order valence-corrected chi connectivity index (χ3v) is 4.96. The minimum Gasteiger partial charge on any atom is -0.325 e. The van der Waals surface area contributed by atoms with Gasteiger partial charge in [-0.15, -0.1) is 0 Å². The second kappa shape index (κ2) is 7.06. The molecular weight excluding hydrogens is 359 g/mol. The number of benzene rings is 2. The molecule has 1 aliphatic rings. The Labute approximate surface area is 156 Å². The maximum absolute atomic E-state index is 12.9. The molecule has 0 spiro atoms. The van der Waals surface area contributed by atoms with Crippen LogP contribution >= 0.6 is 23.2 Å². The van der Waals surface area contributed by atoms with Gasteiger partial charge in [0.25, 0.3) is 5.91 Å². The number of carbonyl (C=O) groups excluding carboxylic acids is 2. The number of anilines is 1. The fraction of sp³-hybridized carbons (Fsp3) is 0.263. The van der Waals surface area contributed by atoms with Gasteiger partial charge in [0, 0.05) is 34.4 Å². The van der Waals surface area contributed by atoms with Gasteiger partial charge in [-0.2, -0.15) is 0 Å². The van der Waals surface area contributed by atoms with Gasteiger partial charge in [-0.1, -0.05) is 29.3 Å². The molecule has 1 heterocycles. The standard InChI is InChI=1S/C19H18Cl2N2O2/c1-12-3-6-16(21)11-17(12)23-10-9-22(13(2)18(23)24)19(25)14-4-7-15(20)8-5-14/h3-8,11,13H,9-10H2,1-2H3/t13-/m1/s1. The van der Waals surface area contributed by atoms with Gasteiger partial charge in [0.2, 0.25) is 5.91 Å². The maximum atomic E-state index is 12.9. The number of rotatable bonds is 2. The van der Waals surface area contributed by atoms with Crippen LogP contribution in [0.5, 0.6) is 0 Å². The SMILES string of the molecule is Cc1ccc(Cl)cc1N1CCN(C(=O)c2ccc(Cl)cc2)[C@H](C)C1=O. The summed E-state index contributed by atoms with van der Waals surface area (Å²) in [6.45, 7) is 4.58. The summed E-state index contributed by atoms with van der Waals surface area (Å²) in [6.07, 6.45) is 0. The van der Waals surface area contributed by atoms with Crippen molar-refractivity contribution in [2.45, 2.75) is 19.9 Å². The first-order valence-corrected chi connectivity index (χ1v) is 8.78. The van der Waals surface area contributed by atoms with E-state index < -0.39 is 6.04 Å². The van der Waals surface area contributed by atoms with Crippen molar-refractivity contribution in [1.29, 1.82) is 0 Å². The molecule has 0 radical (unpaired) electrons. The van der Waals surface area contributed by atoms with Gasteiger partial charge >= 0.3 is 0 Å². The summed E-state index contributed by atoms with van der Waals surface area (Å²) in [5, 5.41) is 1.16. The van der Waals surface area contributed by atoms with Gasteiger partial charge < -0.3 is 9.80 Å². The van der Waals surface area contributed by atoms with E-state index >= 15 is 0 Å². The summed E-state index contributed by atoms with van der Waals surface area (Å²) in [5.41, 5.74) is 2.29. The van der Waals surface area contributed by atoms with Crippen molar-refractivity contribution in [3.63, 3.8) is 0 Å². The number of nitrogens with zero attached hydrogens (tertiary/aromatic N) is 2. The van der Waals surface area contributed by atoms with Gasteiger partial charge in [-0.05, 0) is 55.8 Å². The molecule has 0 bridgehead atoms. The van der Waals surface area contributed by atoms with Crippen LogP contribution in [0.2, 0.25) is 10.0 Å². The van der Waals surface area contributed by atoms with E-state index in [4.69, 9.17) is 23.2 Å². The third-order valence-electron chi connectivity index (χ3n) is 4.47. The minimum atomic E-state index is -0.546. The quantitative estimate of drug-likeness (QED) is 0.788. The molecule has 0 aromatic heterocycles. The molecule has 1 saturated heterocycles. The highest BCUT2D eigenvalue weighted by molar-refractivity contribution is 6.31. The first kappa shape index (κ1) is 17.8. The van der Waals surface area contributed by atoms with Crippen LogP contribution < -0.4 is 4.90 Å². The summed E-state index contributed by atoms with van der Waals surface area (Å²) in [4.78, 5) is 28.9. The predicted octanol–water partition coefficient (Wildman–Crippen LogP) is 4.18. The Kier molecular flexibility index (Phi) is 5.02. The van der Waals surface area contributed by atoms with E-state index in [1.807, 2.05) is 13.0 Å². The maximum Gasteiger partial charge on any atom is 0.254 e. The fourth-order valence-electron chi connectivity index (χ4n) is 3.02. The van der Waals surface area contributed by atoms with E-state index in [0.29, 0.717) is 28.7 Å². The smallest absolute Gasteiger partial charge is 0.254 e. The van der Waals surface area contributed by atoms with Crippen LogP contribution in [-0.2, 0) is 4.79 Å². The molecule has 0 N–H and O–H groups in total. The monoisotopic (exact) mass is 376 g/mol. The van der Waals surface area contributed by atoms with Gasteiger partial charge in [0.15, 0.2) is 0 Å². The fourth-order valence-corrected chi connectivity index (χ4v) is 3.31. The molecule has 1 atom stereocenters. The molecule has 2 amide bonds. The van der Waals surface area contributed by atoms with Crippen molar-refractivity contribution in [3.8, 4) is 0 Å². The first-order chi connectivity index (χ1) is 11.9. The van der Waals surface area contributed by atoms with Crippen LogP contribution in [0.25, 0.3) is 0 Å². The minimum absolute atomic E-state index is 0.112. The van der Waals surface area contributed by atoms with Crippen molar-refractivity contribution >= 4 is 40.7 Å². The number of hydrogen-bond acceptors (Lipinski definition) is 2. The number of hydrogen-bond donors (Lipinski definition) is 0. The predicted molar refractivity (Wildman–Crippen MR) is 100 cm³/mol. The summed E-state index contributed by atoms with van der Waals surface area (Å²) < 4.78 is 0. The van der Waals surface area contributed by atoms with E-state index in [9.17, 15) is 9.59 Å². The highest BCUT2D eigenvalue weighted by atomic mass is 35.5. The van der Waals surface area contributed by atoms with E-state index in [1.54, 1.807) is 53.1 Å². The summed E-state index contributed by atoms with van der Waals surface area (Å²) >= 11 is 12.0. The summed E-state index contributed by atoms with van der Waals surface area (Å²) in [5.74, 6) is -0.279. The zero-order valence-corrected chi connectivity index (χ0v) is 15.5. The largest absolute Gasteiger partial charge is 0.325 e. The average Bonchev–Trinajstić information content (AvgIpc) is 2.60. The zero-order valence-electron chi connectivity index (χ0n) is 14.0. The Hall–Kier alpha value is -2.04. The second-order valence-corrected chi connectivity index (χ2v) is 6.97. The normalized spacial score (nSPS) is 17.8. The Bertz CT molecular complexity index is 821. The van der Waals surface area contributed by atoms with Crippen molar-refractivity contribution in [3.05, 3.63) is 63.6 Å². The van der Waals surface area contributed by atoms with Crippen LogP contribution in [-0.4, -0.2) is 35.8 Å². The molecule has 0 unspecified atom stereocenters. The lowest BCUT2D eigenvalue weighted by Gasteiger charge is -2.39. The van der Waals surface area contributed by atoms with Crippen molar-refractivity contribution in [2.75, 3.05) is 18.0 Å². The average molecular weight is 377 g/mol. The number of halogens is 2. The molecule has 1 fully saturated rings. The molecule has 0 aliphatic carbocycles. The zero-order chi connectivity index (χ0) is 18.1. The van der Waals surface area contributed by atoms with Crippen LogP contribution in [0, 0.1) is 6.92 Å². The molecule has 130 valence electrons. The third kappa shape index (κ3) is 3.51. The molecule has 25 heavy (non-hydrogen) atoms. The first-order valence-electron chi connectivity index (χ1n) is 8.02. The highest BCUT2D eigenvalue weighted by Crippen LogP contribution is 2.28.